The van der Waals surface area contributed by atoms with Gasteiger partial charge >= 0.3 is 0 Å². The molecule has 0 heterocycles. The molecule has 1 saturated carbocycles. The van der Waals surface area contributed by atoms with Gasteiger partial charge in [-0.05, 0) is 49.5 Å². The van der Waals surface area contributed by atoms with E-state index >= 15 is 0 Å². The van der Waals surface area contributed by atoms with Crippen LogP contribution in [0.4, 0.5) is 0 Å². The van der Waals surface area contributed by atoms with Crippen molar-refractivity contribution in [3.05, 3.63) is 12.2 Å². The van der Waals surface area contributed by atoms with Crippen LogP contribution >= 0.6 is 0 Å². The van der Waals surface area contributed by atoms with Gasteiger partial charge in [0.05, 0.1) is 0 Å². The molecule has 1 aliphatic rings. The summed E-state index contributed by atoms with van der Waals surface area (Å²) in [4.78, 5) is 12.1. The van der Waals surface area contributed by atoms with Crippen LogP contribution in [0, 0.1) is 17.8 Å². The van der Waals surface area contributed by atoms with Gasteiger partial charge in [0, 0.05) is 5.92 Å². The van der Waals surface area contributed by atoms with Gasteiger partial charge in [-0.25, -0.2) is 0 Å². The summed E-state index contributed by atoms with van der Waals surface area (Å²) in [5, 5.41) is 0. The van der Waals surface area contributed by atoms with Gasteiger partial charge in [-0.15, -0.1) is 0 Å². The van der Waals surface area contributed by atoms with Gasteiger partial charge in [-0.3, -0.25) is 4.79 Å². The summed E-state index contributed by atoms with van der Waals surface area (Å²) in [6.07, 6.45) is 6.55. The van der Waals surface area contributed by atoms with Gasteiger partial charge in [-0.2, -0.15) is 0 Å². The molecule has 0 aromatic heterocycles. The van der Waals surface area contributed by atoms with E-state index < -0.39 is 0 Å². The first-order valence-corrected chi connectivity index (χ1v) is 6.78. The van der Waals surface area contributed by atoms with E-state index in [1.165, 1.54) is 12.8 Å². The van der Waals surface area contributed by atoms with Crippen LogP contribution in [0.15, 0.2) is 12.2 Å². The molecule has 0 unspecified atom stereocenters. The van der Waals surface area contributed by atoms with E-state index in [1.807, 2.05) is 0 Å². The Morgan fingerprint density at radius 3 is 2.25 bits per heavy atom. The normalized spacial score (nSPS) is 25.8. The predicted octanol–water partition coefficient (Wildman–Crippen LogP) is 4.37. The van der Waals surface area contributed by atoms with Crippen LogP contribution in [0.3, 0.4) is 0 Å². The number of rotatable bonds is 5. The minimum atomic E-state index is 0.286. The molecule has 0 aromatic rings. The molecule has 92 valence electrons. The van der Waals surface area contributed by atoms with Gasteiger partial charge in [0.1, 0.15) is 0 Å². The fraction of sp³-hybridized carbons (Fsp3) is 0.800. The van der Waals surface area contributed by atoms with Gasteiger partial charge < -0.3 is 0 Å². The Hall–Kier alpha value is -0.590. The van der Waals surface area contributed by atoms with E-state index in [-0.39, 0.29) is 5.92 Å². The molecule has 0 bridgehead atoms. The van der Waals surface area contributed by atoms with Crippen molar-refractivity contribution in [1.29, 1.82) is 0 Å². The predicted molar refractivity (Wildman–Crippen MR) is 69.3 cm³/mol. The first kappa shape index (κ1) is 13.5. The maximum absolute atomic E-state index is 12.1. The SMILES string of the molecule is C=C(CCC)C(=O)C1CCC(C(C)C)CC1. The van der Waals surface area contributed by atoms with Crippen LogP contribution in [0.1, 0.15) is 59.3 Å². The van der Waals surface area contributed by atoms with Crippen molar-refractivity contribution in [2.75, 3.05) is 0 Å². The lowest BCUT2D eigenvalue weighted by molar-refractivity contribution is -0.120. The quantitative estimate of drug-likeness (QED) is 0.631. The fourth-order valence-electron chi connectivity index (χ4n) is 2.76. The third-order valence-electron chi connectivity index (χ3n) is 3.99. The summed E-state index contributed by atoms with van der Waals surface area (Å²) in [5.41, 5.74) is 0.857. The van der Waals surface area contributed by atoms with Crippen molar-refractivity contribution in [1.82, 2.24) is 0 Å². The number of carbonyl (C=O) groups is 1. The average molecular weight is 222 g/mol. The molecular weight excluding hydrogens is 196 g/mol. The molecule has 0 radical (unpaired) electrons. The van der Waals surface area contributed by atoms with Gasteiger partial charge in [0.15, 0.2) is 5.78 Å². The van der Waals surface area contributed by atoms with Crippen molar-refractivity contribution in [3.63, 3.8) is 0 Å². The van der Waals surface area contributed by atoms with Crippen LogP contribution < -0.4 is 0 Å². The van der Waals surface area contributed by atoms with Crippen molar-refractivity contribution in [2.45, 2.75) is 59.3 Å². The van der Waals surface area contributed by atoms with Crippen molar-refractivity contribution >= 4 is 5.78 Å². The minimum absolute atomic E-state index is 0.286. The second-order valence-corrected chi connectivity index (χ2v) is 5.57. The summed E-state index contributed by atoms with van der Waals surface area (Å²) < 4.78 is 0. The lowest BCUT2D eigenvalue weighted by Gasteiger charge is -2.30. The Kier molecular flexibility index (Phi) is 5.24. The topological polar surface area (TPSA) is 17.1 Å². The number of carbonyl (C=O) groups excluding carboxylic acids is 1. The number of allylic oxidation sites excluding steroid dienone is 1. The maximum Gasteiger partial charge on any atom is 0.161 e. The van der Waals surface area contributed by atoms with Crippen molar-refractivity contribution in [3.8, 4) is 0 Å². The fourth-order valence-corrected chi connectivity index (χ4v) is 2.76. The molecule has 1 nitrogen and oxygen atoms in total. The van der Waals surface area contributed by atoms with E-state index in [9.17, 15) is 4.79 Å². The Bertz CT molecular complexity index is 244. The average Bonchev–Trinajstić information content (AvgIpc) is 2.28. The van der Waals surface area contributed by atoms with Gasteiger partial charge in [-0.1, -0.05) is 33.8 Å². The molecule has 1 aliphatic carbocycles. The molecule has 0 aromatic carbocycles. The lowest BCUT2D eigenvalue weighted by atomic mass is 9.74. The summed E-state index contributed by atoms with van der Waals surface area (Å²) in [6.45, 7) is 10.6. The molecule has 0 atom stereocenters. The monoisotopic (exact) mass is 222 g/mol. The molecule has 16 heavy (non-hydrogen) atoms. The highest BCUT2D eigenvalue weighted by Gasteiger charge is 2.28. The van der Waals surface area contributed by atoms with Crippen LogP contribution in [0.25, 0.3) is 0 Å². The Morgan fingerprint density at radius 1 is 1.25 bits per heavy atom. The van der Waals surface area contributed by atoms with Crippen LogP contribution in [0.5, 0.6) is 0 Å². The number of hydrogen-bond acceptors (Lipinski definition) is 1. The standard InChI is InChI=1S/C15H26O/c1-5-6-12(4)15(16)14-9-7-13(8-10-14)11(2)3/h11,13-14H,4-10H2,1-3H3. The summed E-state index contributed by atoms with van der Waals surface area (Å²) in [6, 6.07) is 0. The number of Topliss-reactive ketones (excluding diaryl/α,β-unsaturated/α-hetero) is 1. The second-order valence-electron chi connectivity index (χ2n) is 5.57. The molecule has 1 fully saturated rings. The maximum atomic E-state index is 12.1. The zero-order chi connectivity index (χ0) is 12.1. The molecule has 1 rings (SSSR count). The Labute approximate surface area is 100 Å². The molecule has 0 N–H and O–H groups in total. The Balaban J connectivity index is 2.41. The van der Waals surface area contributed by atoms with E-state index in [2.05, 4.69) is 27.4 Å². The molecule has 0 saturated heterocycles. The van der Waals surface area contributed by atoms with Gasteiger partial charge in [0.2, 0.25) is 0 Å². The summed E-state index contributed by atoms with van der Waals surface area (Å²) in [5.74, 6) is 2.25. The first-order chi connectivity index (χ1) is 7.56. The molecule has 1 heteroatoms. The molecular formula is C15H26O. The van der Waals surface area contributed by atoms with E-state index in [4.69, 9.17) is 0 Å². The van der Waals surface area contributed by atoms with Crippen LogP contribution in [-0.2, 0) is 4.79 Å². The zero-order valence-corrected chi connectivity index (χ0v) is 11.1. The van der Waals surface area contributed by atoms with Gasteiger partial charge in [0.25, 0.3) is 0 Å². The molecule has 0 amide bonds. The highest BCUT2D eigenvalue weighted by molar-refractivity contribution is 5.96. The number of hydrogen-bond donors (Lipinski definition) is 0. The third-order valence-corrected chi connectivity index (χ3v) is 3.99. The lowest BCUT2D eigenvalue weighted by Crippen LogP contribution is -2.24. The second kappa shape index (κ2) is 6.22. The van der Waals surface area contributed by atoms with E-state index in [1.54, 1.807) is 0 Å². The minimum Gasteiger partial charge on any atom is -0.294 e. The van der Waals surface area contributed by atoms with Crippen molar-refractivity contribution < 1.29 is 4.79 Å². The van der Waals surface area contributed by atoms with Crippen LogP contribution in [0.2, 0.25) is 0 Å². The highest BCUT2D eigenvalue weighted by Crippen LogP contribution is 2.34. The third kappa shape index (κ3) is 3.47. The van der Waals surface area contributed by atoms with E-state index in [0.717, 1.165) is 43.1 Å². The van der Waals surface area contributed by atoms with Crippen LogP contribution in [-0.4, -0.2) is 5.78 Å². The highest BCUT2D eigenvalue weighted by atomic mass is 16.1. The zero-order valence-electron chi connectivity index (χ0n) is 11.1. The Morgan fingerprint density at radius 2 is 1.81 bits per heavy atom. The first-order valence-electron chi connectivity index (χ1n) is 6.78. The summed E-state index contributed by atoms with van der Waals surface area (Å²) >= 11 is 0. The summed E-state index contributed by atoms with van der Waals surface area (Å²) in [7, 11) is 0. The molecule has 0 spiro atoms. The number of ketones is 1. The van der Waals surface area contributed by atoms with Crippen molar-refractivity contribution in [2.24, 2.45) is 17.8 Å². The van der Waals surface area contributed by atoms with E-state index in [0.29, 0.717) is 5.78 Å². The molecule has 0 aliphatic heterocycles. The smallest absolute Gasteiger partial charge is 0.161 e. The largest absolute Gasteiger partial charge is 0.294 e.